The van der Waals surface area contributed by atoms with Crippen LogP contribution in [0.1, 0.15) is 44.7 Å². The lowest BCUT2D eigenvalue weighted by Gasteiger charge is -2.26. The number of aliphatic carboxylic acids is 1. The molecule has 0 aliphatic carbocycles. The third kappa shape index (κ3) is 14.0. The number of nitrogens with one attached hydrogen (secondary N) is 5. The van der Waals surface area contributed by atoms with Crippen molar-refractivity contribution < 1.29 is 43.8 Å². The molecule has 6 amide bonds. The quantitative estimate of drug-likeness (QED) is 0.0834. The van der Waals surface area contributed by atoms with Crippen molar-refractivity contribution in [3.8, 4) is 5.75 Å². The Morgan fingerprint density at radius 2 is 1.33 bits per heavy atom. The predicted octanol–water partition coefficient (Wildman–Crippen LogP) is -1.41. The highest BCUT2D eigenvalue weighted by molar-refractivity contribution is 5.95. The number of primary amides is 1. The molecule has 0 spiro atoms. The smallest absolute Gasteiger partial charge is 0.326 e. The average Bonchev–Trinajstić information content (AvgIpc) is 3.04. The number of hydrogen-bond donors (Lipinski definition) is 9. The Kier molecular flexibility index (Phi) is 15.7. The van der Waals surface area contributed by atoms with Crippen LogP contribution in [0, 0.1) is 5.92 Å². The van der Waals surface area contributed by atoms with E-state index in [0.717, 1.165) is 0 Å². The van der Waals surface area contributed by atoms with Crippen LogP contribution in [0.3, 0.4) is 0 Å². The molecule has 2 aromatic carbocycles. The van der Waals surface area contributed by atoms with Crippen molar-refractivity contribution in [1.29, 1.82) is 0 Å². The number of amides is 6. The maximum absolute atomic E-state index is 13.5. The van der Waals surface area contributed by atoms with Crippen LogP contribution in [0.25, 0.3) is 0 Å². The molecule has 266 valence electrons. The van der Waals surface area contributed by atoms with Crippen LogP contribution in [0.5, 0.6) is 5.75 Å². The zero-order valence-corrected chi connectivity index (χ0v) is 27.6. The number of hydrogen-bond acceptors (Lipinski definition) is 9. The summed E-state index contributed by atoms with van der Waals surface area (Å²) in [7, 11) is 0. The van der Waals surface area contributed by atoms with Crippen molar-refractivity contribution in [3.05, 3.63) is 65.7 Å². The van der Waals surface area contributed by atoms with E-state index >= 15 is 0 Å². The molecule has 0 aliphatic rings. The Hall–Kier alpha value is -5.51. The van der Waals surface area contributed by atoms with E-state index in [1.54, 1.807) is 56.3 Å². The van der Waals surface area contributed by atoms with Gasteiger partial charge in [-0.15, -0.1) is 0 Å². The van der Waals surface area contributed by atoms with E-state index in [0.29, 0.717) is 11.1 Å². The van der Waals surface area contributed by atoms with Gasteiger partial charge >= 0.3 is 5.97 Å². The van der Waals surface area contributed by atoms with Crippen LogP contribution in [-0.4, -0.2) is 88.4 Å². The van der Waals surface area contributed by atoms with E-state index < -0.39 is 84.1 Å². The summed E-state index contributed by atoms with van der Waals surface area (Å²) in [5.41, 5.74) is 12.4. The minimum Gasteiger partial charge on any atom is -0.508 e. The van der Waals surface area contributed by atoms with Gasteiger partial charge in [-0.1, -0.05) is 56.3 Å². The Labute approximate surface area is 283 Å². The first kappa shape index (κ1) is 39.7. The van der Waals surface area contributed by atoms with Gasteiger partial charge in [0.05, 0.1) is 12.6 Å². The van der Waals surface area contributed by atoms with Crippen molar-refractivity contribution in [2.24, 2.45) is 17.4 Å². The number of carboxylic acids is 1. The SMILES string of the molecule is CC(C)[C@H](NC(=O)[C@H](Cc1ccccc1)NC(=O)CNC(=O)[C@H](C)NC(=O)[C@@H](N)Cc1ccc(O)cc1)C(=O)N[C@@H](CCC(N)=O)C(=O)O. The maximum Gasteiger partial charge on any atom is 0.326 e. The molecule has 2 aromatic rings. The van der Waals surface area contributed by atoms with Crippen LogP contribution >= 0.6 is 0 Å². The van der Waals surface area contributed by atoms with Crippen LogP contribution in [0.4, 0.5) is 0 Å². The summed E-state index contributed by atoms with van der Waals surface area (Å²) in [4.78, 5) is 87.4. The topological polar surface area (TPSA) is 272 Å². The lowest BCUT2D eigenvalue weighted by molar-refractivity contribution is -0.143. The van der Waals surface area contributed by atoms with Crippen molar-refractivity contribution >= 4 is 41.4 Å². The van der Waals surface area contributed by atoms with Gasteiger partial charge in [0.25, 0.3) is 0 Å². The fourth-order valence-corrected chi connectivity index (χ4v) is 4.58. The average molecular weight is 684 g/mol. The number of phenolic OH excluding ortho intramolecular Hbond substituents is 1. The summed E-state index contributed by atoms with van der Waals surface area (Å²) in [5, 5.41) is 31.2. The summed E-state index contributed by atoms with van der Waals surface area (Å²) >= 11 is 0. The van der Waals surface area contributed by atoms with Crippen molar-refractivity contribution in [3.63, 3.8) is 0 Å². The van der Waals surface area contributed by atoms with Crippen LogP contribution in [0.2, 0.25) is 0 Å². The number of carbonyl (C=O) groups is 7. The van der Waals surface area contributed by atoms with Gasteiger partial charge in [0.2, 0.25) is 35.4 Å². The van der Waals surface area contributed by atoms with Crippen LogP contribution < -0.4 is 38.1 Å². The van der Waals surface area contributed by atoms with Gasteiger partial charge < -0.3 is 48.3 Å². The molecule has 2 rings (SSSR count). The summed E-state index contributed by atoms with van der Waals surface area (Å²) < 4.78 is 0. The monoisotopic (exact) mass is 683 g/mol. The molecule has 0 heterocycles. The molecule has 16 nitrogen and oxygen atoms in total. The highest BCUT2D eigenvalue weighted by Crippen LogP contribution is 2.11. The normalized spacial score (nSPS) is 13.9. The molecular formula is C33H45N7O9. The van der Waals surface area contributed by atoms with E-state index in [1.807, 2.05) is 0 Å². The van der Waals surface area contributed by atoms with E-state index in [4.69, 9.17) is 11.5 Å². The first-order valence-electron chi connectivity index (χ1n) is 15.6. The summed E-state index contributed by atoms with van der Waals surface area (Å²) in [6.07, 6.45) is -0.358. The first-order valence-corrected chi connectivity index (χ1v) is 15.6. The minimum atomic E-state index is -1.43. The second-order valence-electron chi connectivity index (χ2n) is 11.9. The molecule has 0 fully saturated rings. The number of aromatic hydroxyl groups is 1. The molecule has 5 atom stereocenters. The molecular weight excluding hydrogens is 638 g/mol. The second-order valence-corrected chi connectivity index (χ2v) is 11.9. The fourth-order valence-electron chi connectivity index (χ4n) is 4.58. The summed E-state index contributed by atoms with van der Waals surface area (Å²) in [6, 6.07) is 8.97. The number of phenols is 1. The predicted molar refractivity (Wildman–Crippen MR) is 177 cm³/mol. The molecule has 0 saturated heterocycles. The van der Waals surface area contributed by atoms with Crippen molar-refractivity contribution in [2.75, 3.05) is 6.54 Å². The van der Waals surface area contributed by atoms with Crippen LogP contribution in [-0.2, 0) is 46.4 Å². The third-order valence-electron chi connectivity index (χ3n) is 7.38. The van der Waals surface area contributed by atoms with Gasteiger partial charge in [-0.2, -0.15) is 0 Å². The maximum atomic E-state index is 13.5. The van der Waals surface area contributed by atoms with E-state index in [-0.39, 0.29) is 31.4 Å². The molecule has 0 radical (unpaired) electrons. The van der Waals surface area contributed by atoms with E-state index in [1.165, 1.54) is 19.1 Å². The number of benzene rings is 2. The molecule has 11 N–H and O–H groups in total. The highest BCUT2D eigenvalue weighted by atomic mass is 16.4. The van der Waals surface area contributed by atoms with Crippen molar-refractivity contribution in [2.45, 2.75) is 76.7 Å². The summed E-state index contributed by atoms with van der Waals surface area (Å²) in [6.45, 7) is 4.11. The number of carbonyl (C=O) groups excluding carboxylic acids is 6. The molecule has 0 unspecified atom stereocenters. The Bertz CT molecular complexity index is 1470. The van der Waals surface area contributed by atoms with E-state index in [2.05, 4.69) is 26.6 Å². The lowest BCUT2D eigenvalue weighted by atomic mass is 10.00. The zero-order chi connectivity index (χ0) is 36.7. The minimum absolute atomic E-state index is 0.0144. The first-order chi connectivity index (χ1) is 23.1. The fraction of sp³-hybridized carbons (Fsp3) is 0.424. The Balaban J connectivity index is 2.04. The third-order valence-corrected chi connectivity index (χ3v) is 7.38. The number of rotatable bonds is 19. The lowest BCUT2D eigenvalue weighted by Crippen LogP contribution is -2.58. The van der Waals surface area contributed by atoms with E-state index in [9.17, 15) is 43.8 Å². The molecule has 0 bridgehead atoms. The van der Waals surface area contributed by atoms with Gasteiger partial charge in [-0.3, -0.25) is 28.8 Å². The van der Waals surface area contributed by atoms with Gasteiger partial charge in [0.15, 0.2) is 0 Å². The Morgan fingerprint density at radius 3 is 1.90 bits per heavy atom. The summed E-state index contributed by atoms with van der Waals surface area (Å²) in [5.74, 6) is -6.16. The standard InChI is InChI=1S/C33H45N7O9/c1-18(2)28(32(47)39-24(33(48)49)13-14-26(35)42)40-31(46)25(16-20-7-5-4-6-8-20)38-27(43)17-36-29(44)19(3)37-30(45)23(34)15-21-9-11-22(41)12-10-21/h4-12,18-19,23-25,28,41H,13-17,34H2,1-3H3,(H2,35,42)(H,36,44)(H,37,45)(H,38,43)(H,39,47)(H,40,46)(H,48,49)/t19-,23-,24-,25-,28-/m0/s1. The molecule has 0 aromatic heterocycles. The van der Waals surface area contributed by atoms with Gasteiger partial charge in [-0.05, 0) is 48.9 Å². The van der Waals surface area contributed by atoms with Crippen molar-refractivity contribution in [1.82, 2.24) is 26.6 Å². The highest BCUT2D eigenvalue weighted by Gasteiger charge is 2.32. The second kappa shape index (κ2) is 19.3. The number of carboxylic acid groups (broad SMARTS) is 1. The van der Waals surface area contributed by atoms with Crippen LogP contribution in [0.15, 0.2) is 54.6 Å². The van der Waals surface area contributed by atoms with Gasteiger partial charge in [-0.25, -0.2) is 4.79 Å². The number of nitrogens with two attached hydrogens (primary N) is 2. The van der Waals surface area contributed by atoms with Gasteiger partial charge in [0, 0.05) is 12.8 Å². The largest absolute Gasteiger partial charge is 0.508 e. The molecule has 16 heteroatoms. The molecule has 49 heavy (non-hydrogen) atoms. The molecule has 0 aliphatic heterocycles. The zero-order valence-electron chi connectivity index (χ0n) is 27.6. The van der Waals surface area contributed by atoms with Gasteiger partial charge in [0.1, 0.15) is 29.9 Å². The Morgan fingerprint density at radius 1 is 0.714 bits per heavy atom. The molecule has 0 saturated carbocycles.